The fourth-order valence-corrected chi connectivity index (χ4v) is 9.46. The van der Waals surface area contributed by atoms with Gasteiger partial charge in [-0.05, 0) is 32.1 Å². The molecule has 0 fully saturated rings. The van der Waals surface area contributed by atoms with E-state index in [2.05, 4.69) is 19.2 Å². The van der Waals surface area contributed by atoms with Crippen molar-refractivity contribution in [1.29, 1.82) is 0 Å². The number of esters is 1. The Hall–Kier alpha value is -1.40. The second-order valence-corrected chi connectivity index (χ2v) is 20.7. The van der Waals surface area contributed by atoms with Crippen molar-refractivity contribution in [2.75, 3.05) is 13.2 Å². The molecular formula is C60H117NO5. The van der Waals surface area contributed by atoms with E-state index in [4.69, 9.17) is 4.74 Å². The van der Waals surface area contributed by atoms with Gasteiger partial charge in [0.15, 0.2) is 0 Å². The van der Waals surface area contributed by atoms with Crippen LogP contribution in [0.4, 0.5) is 0 Å². The first-order valence-corrected chi connectivity index (χ1v) is 30.0. The number of hydrogen-bond acceptors (Lipinski definition) is 5. The van der Waals surface area contributed by atoms with Crippen molar-refractivity contribution >= 4 is 11.9 Å². The number of unbranched alkanes of at least 4 members (excludes halogenated alkanes) is 45. The third-order valence-corrected chi connectivity index (χ3v) is 14.1. The molecule has 66 heavy (non-hydrogen) atoms. The van der Waals surface area contributed by atoms with Gasteiger partial charge in [0.25, 0.3) is 0 Å². The molecule has 0 radical (unpaired) electrons. The number of amides is 1. The van der Waals surface area contributed by atoms with Crippen LogP contribution in [0.2, 0.25) is 0 Å². The Morgan fingerprint density at radius 3 is 1.03 bits per heavy atom. The Labute approximate surface area is 412 Å². The number of carbonyl (C=O) groups is 2. The average Bonchev–Trinajstić information content (AvgIpc) is 3.32. The first-order valence-electron chi connectivity index (χ1n) is 30.0. The minimum Gasteiger partial charge on any atom is -0.466 e. The highest BCUT2D eigenvalue weighted by molar-refractivity contribution is 5.76. The Morgan fingerprint density at radius 2 is 0.697 bits per heavy atom. The lowest BCUT2D eigenvalue weighted by atomic mass is 10.0. The number of carbonyl (C=O) groups excluding carboxylic acids is 2. The Balaban J connectivity index is 3.36. The van der Waals surface area contributed by atoms with Crippen LogP contribution in [0.3, 0.4) is 0 Å². The van der Waals surface area contributed by atoms with Gasteiger partial charge in [-0.3, -0.25) is 9.59 Å². The van der Waals surface area contributed by atoms with E-state index >= 15 is 0 Å². The maximum Gasteiger partial charge on any atom is 0.305 e. The molecule has 0 aromatic heterocycles. The number of nitrogens with one attached hydrogen (secondary N) is 1. The molecule has 0 spiro atoms. The largest absolute Gasteiger partial charge is 0.466 e. The number of ether oxygens (including phenoxy) is 1. The molecule has 1 amide bonds. The highest BCUT2D eigenvalue weighted by Gasteiger charge is 2.18. The van der Waals surface area contributed by atoms with E-state index in [1.165, 1.54) is 270 Å². The summed E-state index contributed by atoms with van der Waals surface area (Å²) in [5.41, 5.74) is 0. The topological polar surface area (TPSA) is 95.9 Å². The van der Waals surface area contributed by atoms with Crippen molar-refractivity contribution in [2.45, 2.75) is 347 Å². The van der Waals surface area contributed by atoms with E-state index < -0.39 is 12.1 Å². The predicted octanol–water partition coefficient (Wildman–Crippen LogP) is 18.5. The third-order valence-electron chi connectivity index (χ3n) is 14.1. The van der Waals surface area contributed by atoms with Crippen molar-refractivity contribution in [3.63, 3.8) is 0 Å². The third kappa shape index (κ3) is 52.0. The molecule has 0 rings (SSSR count). The van der Waals surface area contributed by atoms with Crippen LogP contribution in [0.15, 0.2) is 12.2 Å². The van der Waals surface area contributed by atoms with Crippen LogP contribution in [0.5, 0.6) is 0 Å². The summed E-state index contributed by atoms with van der Waals surface area (Å²) >= 11 is 0. The zero-order valence-electron chi connectivity index (χ0n) is 44.7. The summed E-state index contributed by atoms with van der Waals surface area (Å²) in [6, 6.07) is -0.625. The van der Waals surface area contributed by atoms with E-state index in [0.29, 0.717) is 19.4 Å². The molecular weight excluding hydrogens is 815 g/mol. The minimum atomic E-state index is -0.841. The quantitative estimate of drug-likeness (QED) is 0.0321. The van der Waals surface area contributed by atoms with E-state index in [1.54, 1.807) is 6.08 Å². The summed E-state index contributed by atoms with van der Waals surface area (Å²) in [4.78, 5) is 24.5. The summed E-state index contributed by atoms with van der Waals surface area (Å²) in [5, 5.41) is 23.0. The summed E-state index contributed by atoms with van der Waals surface area (Å²) < 4.78 is 5.48. The minimum absolute atomic E-state index is 0.0169. The van der Waals surface area contributed by atoms with Crippen LogP contribution in [0.1, 0.15) is 335 Å². The van der Waals surface area contributed by atoms with Gasteiger partial charge in [-0.1, -0.05) is 302 Å². The molecule has 3 N–H and O–H groups in total. The van der Waals surface area contributed by atoms with E-state index in [9.17, 15) is 19.8 Å². The summed E-state index contributed by atoms with van der Waals surface area (Å²) in [7, 11) is 0. The number of allylic oxidation sites excluding steroid dienone is 1. The van der Waals surface area contributed by atoms with Gasteiger partial charge in [-0.25, -0.2) is 0 Å². The second-order valence-electron chi connectivity index (χ2n) is 20.7. The molecule has 0 saturated heterocycles. The molecule has 0 aromatic carbocycles. The molecule has 2 atom stereocenters. The smallest absolute Gasteiger partial charge is 0.305 e. The van der Waals surface area contributed by atoms with Gasteiger partial charge in [-0.15, -0.1) is 0 Å². The maximum atomic E-state index is 12.4. The number of aliphatic hydroxyl groups excluding tert-OH is 2. The first kappa shape index (κ1) is 64.6. The van der Waals surface area contributed by atoms with Crippen molar-refractivity contribution < 1.29 is 24.5 Å². The lowest BCUT2D eigenvalue weighted by Gasteiger charge is -2.20. The van der Waals surface area contributed by atoms with Gasteiger partial charge in [0.1, 0.15) is 0 Å². The number of hydrogen-bond donors (Lipinski definition) is 3. The fraction of sp³-hybridized carbons (Fsp3) is 0.933. The molecule has 6 heteroatoms. The predicted molar refractivity (Wildman–Crippen MR) is 287 cm³/mol. The molecule has 0 aromatic rings. The highest BCUT2D eigenvalue weighted by atomic mass is 16.5. The normalized spacial score (nSPS) is 12.6. The lowest BCUT2D eigenvalue weighted by Crippen LogP contribution is -2.45. The van der Waals surface area contributed by atoms with Crippen LogP contribution in [0.25, 0.3) is 0 Å². The Bertz CT molecular complexity index is 986. The first-order chi connectivity index (χ1) is 32.5. The lowest BCUT2D eigenvalue weighted by molar-refractivity contribution is -0.143. The van der Waals surface area contributed by atoms with E-state index in [1.807, 2.05) is 6.08 Å². The Kier molecular flexibility index (Phi) is 55.0. The van der Waals surface area contributed by atoms with Gasteiger partial charge in [0, 0.05) is 12.8 Å². The van der Waals surface area contributed by atoms with Crippen molar-refractivity contribution in [3.05, 3.63) is 12.2 Å². The maximum absolute atomic E-state index is 12.4. The van der Waals surface area contributed by atoms with Crippen molar-refractivity contribution in [3.8, 4) is 0 Å². The van der Waals surface area contributed by atoms with Crippen LogP contribution >= 0.6 is 0 Å². The molecule has 6 nitrogen and oxygen atoms in total. The molecule has 0 aliphatic rings. The monoisotopic (exact) mass is 932 g/mol. The van der Waals surface area contributed by atoms with Gasteiger partial charge < -0.3 is 20.3 Å². The standard InChI is InChI=1S/C60H117NO5/c1-3-5-7-9-11-13-15-29-34-38-42-46-50-54-60(65)66-55-51-47-43-39-35-31-28-26-24-22-20-18-17-19-21-23-25-27-30-33-37-41-45-49-53-59(64)61-57(56-62)58(63)52-48-44-40-36-32-16-14-12-10-8-6-4-2/h48,52,57-58,62-63H,3-47,49-51,53-56H2,1-2H3,(H,61,64)/b52-48+. The second kappa shape index (κ2) is 56.2. The molecule has 392 valence electrons. The summed E-state index contributed by atoms with van der Waals surface area (Å²) in [6.07, 6.45) is 66.8. The molecule has 2 unspecified atom stereocenters. The van der Waals surface area contributed by atoms with Crippen LogP contribution in [-0.2, 0) is 14.3 Å². The van der Waals surface area contributed by atoms with Gasteiger partial charge >= 0.3 is 5.97 Å². The average molecular weight is 933 g/mol. The van der Waals surface area contributed by atoms with Crippen molar-refractivity contribution in [1.82, 2.24) is 5.32 Å². The summed E-state index contributed by atoms with van der Waals surface area (Å²) in [6.45, 7) is 4.91. The molecule has 0 bridgehead atoms. The SMILES string of the molecule is CCCCCCCCCCCC/C=C/C(O)C(CO)NC(=O)CCCCCCCCCCCCCCCCCCCCCCCCCCOC(=O)CCCCCCCCCCCCCCC. The Morgan fingerprint density at radius 1 is 0.409 bits per heavy atom. The molecule has 0 heterocycles. The molecule has 0 saturated carbocycles. The van der Waals surface area contributed by atoms with Crippen LogP contribution in [0, 0.1) is 0 Å². The molecule has 0 aliphatic heterocycles. The zero-order chi connectivity index (χ0) is 47.9. The van der Waals surface area contributed by atoms with E-state index in [0.717, 1.165) is 38.5 Å². The zero-order valence-corrected chi connectivity index (χ0v) is 44.7. The van der Waals surface area contributed by atoms with E-state index in [-0.39, 0.29) is 18.5 Å². The van der Waals surface area contributed by atoms with Crippen LogP contribution in [-0.4, -0.2) is 47.4 Å². The number of rotatable bonds is 56. The number of aliphatic hydroxyl groups is 2. The van der Waals surface area contributed by atoms with Gasteiger partial charge in [-0.2, -0.15) is 0 Å². The van der Waals surface area contributed by atoms with Crippen molar-refractivity contribution in [2.24, 2.45) is 0 Å². The fourth-order valence-electron chi connectivity index (χ4n) is 9.46. The molecule has 0 aliphatic carbocycles. The highest BCUT2D eigenvalue weighted by Crippen LogP contribution is 2.18. The summed E-state index contributed by atoms with van der Waals surface area (Å²) in [5.74, 6) is -0.0493. The van der Waals surface area contributed by atoms with Crippen LogP contribution < -0.4 is 5.32 Å². The van der Waals surface area contributed by atoms with Gasteiger partial charge in [0.05, 0.1) is 25.4 Å². The van der Waals surface area contributed by atoms with Gasteiger partial charge in [0.2, 0.25) is 5.91 Å².